The molecule has 1 aromatic heterocycles. The maximum atomic E-state index is 11.9. The van der Waals surface area contributed by atoms with Crippen LogP contribution in [0.4, 0.5) is 0 Å². The number of hydrogen-bond acceptors (Lipinski definition) is 5. The SMILES string of the molecule is Cc1csc(-c2ccc(OCC(=O)NCCCSc3ccccc3)cc2)n1. The van der Waals surface area contributed by atoms with Crippen LogP contribution in [0.3, 0.4) is 0 Å². The summed E-state index contributed by atoms with van der Waals surface area (Å²) in [6.45, 7) is 2.67. The molecule has 0 unspecified atom stereocenters. The van der Waals surface area contributed by atoms with Crippen molar-refractivity contribution in [2.75, 3.05) is 18.9 Å². The van der Waals surface area contributed by atoms with Crippen LogP contribution in [0.15, 0.2) is 64.9 Å². The average molecular weight is 399 g/mol. The maximum absolute atomic E-state index is 11.9. The van der Waals surface area contributed by atoms with Gasteiger partial charge in [0.05, 0.1) is 0 Å². The number of benzene rings is 2. The van der Waals surface area contributed by atoms with Crippen LogP contribution in [0.2, 0.25) is 0 Å². The van der Waals surface area contributed by atoms with Gasteiger partial charge in [-0.15, -0.1) is 23.1 Å². The summed E-state index contributed by atoms with van der Waals surface area (Å²) in [5.41, 5.74) is 2.08. The van der Waals surface area contributed by atoms with Crippen LogP contribution in [-0.2, 0) is 4.79 Å². The fourth-order valence-electron chi connectivity index (χ4n) is 2.39. The van der Waals surface area contributed by atoms with Gasteiger partial charge in [-0.3, -0.25) is 4.79 Å². The summed E-state index contributed by atoms with van der Waals surface area (Å²) in [5.74, 6) is 1.56. The molecule has 0 fully saturated rings. The molecule has 0 aliphatic heterocycles. The summed E-state index contributed by atoms with van der Waals surface area (Å²) in [6, 6.07) is 17.9. The maximum Gasteiger partial charge on any atom is 0.257 e. The molecule has 1 amide bonds. The van der Waals surface area contributed by atoms with Crippen molar-refractivity contribution in [3.8, 4) is 16.3 Å². The van der Waals surface area contributed by atoms with E-state index in [0.29, 0.717) is 12.3 Å². The van der Waals surface area contributed by atoms with Crippen molar-refractivity contribution in [2.45, 2.75) is 18.2 Å². The van der Waals surface area contributed by atoms with E-state index in [9.17, 15) is 4.79 Å². The molecule has 0 aliphatic carbocycles. The number of carbonyl (C=O) groups is 1. The Hall–Kier alpha value is -2.31. The topological polar surface area (TPSA) is 51.2 Å². The van der Waals surface area contributed by atoms with Gasteiger partial charge in [-0.25, -0.2) is 4.98 Å². The molecule has 0 saturated carbocycles. The minimum atomic E-state index is -0.0978. The molecule has 0 aliphatic rings. The summed E-state index contributed by atoms with van der Waals surface area (Å²) in [7, 11) is 0. The third-order valence-corrected chi connectivity index (χ3v) is 5.85. The highest BCUT2D eigenvalue weighted by molar-refractivity contribution is 7.99. The number of hydrogen-bond donors (Lipinski definition) is 1. The molecule has 2 aromatic carbocycles. The quantitative estimate of drug-likeness (QED) is 0.416. The Morgan fingerprint density at radius 1 is 1.15 bits per heavy atom. The Morgan fingerprint density at radius 2 is 1.93 bits per heavy atom. The van der Waals surface area contributed by atoms with Crippen LogP contribution < -0.4 is 10.1 Å². The number of carbonyl (C=O) groups excluding carboxylic acids is 1. The van der Waals surface area contributed by atoms with Crippen molar-refractivity contribution in [3.05, 3.63) is 65.7 Å². The molecule has 0 bridgehead atoms. The van der Waals surface area contributed by atoms with Crippen molar-refractivity contribution in [3.63, 3.8) is 0 Å². The fourth-order valence-corrected chi connectivity index (χ4v) is 4.06. The first-order valence-electron chi connectivity index (χ1n) is 8.80. The van der Waals surface area contributed by atoms with Crippen LogP contribution >= 0.6 is 23.1 Å². The van der Waals surface area contributed by atoms with Crippen LogP contribution in [0.5, 0.6) is 5.75 Å². The Bertz CT molecular complexity index is 848. The molecule has 4 nitrogen and oxygen atoms in total. The molecular weight excluding hydrogens is 376 g/mol. The summed E-state index contributed by atoms with van der Waals surface area (Å²) in [6.07, 6.45) is 0.924. The van der Waals surface area contributed by atoms with E-state index in [1.807, 2.05) is 54.8 Å². The van der Waals surface area contributed by atoms with E-state index in [1.54, 1.807) is 23.1 Å². The number of aryl methyl sites for hydroxylation is 1. The molecule has 0 saturated heterocycles. The van der Waals surface area contributed by atoms with Gasteiger partial charge in [0.25, 0.3) is 5.91 Å². The molecule has 1 N–H and O–H groups in total. The number of nitrogens with one attached hydrogen (secondary N) is 1. The minimum absolute atomic E-state index is 0.0293. The third-order valence-electron chi connectivity index (χ3n) is 3.75. The highest BCUT2D eigenvalue weighted by Gasteiger charge is 2.05. The van der Waals surface area contributed by atoms with Crippen molar-refractivity contribution >= 4 is 29.0 Å². The smallest absolute Gasteiger partial charge is 0.257 e. The van der Waals surface area contributed by atoms with E-state index in [4.69, 9.17) is 4.74 Å². The fraction of sp³-hybridized carbons (Fsp3) is 0.238. The summed E-state index contributed by atoms with van der Waals surface area (Å²) < 4.78 is 5.56. The number of thioether (sulfide) groups is 1. The summed E-state index contributed by atoms with van der Waals surface area (Å²) in [5, 5.41) is 5.91. The second-order valence-electron chi connectivity index (χ2n) is 5.97. The van der Waals surface area contributed by atoms with Crippen LogP contribution in [-0.4, -0.2) is 29.8 Å². The van der Waals surface area contributed by atoms with Gasteiger partial charge in [-0.05, 0) is 55.5 Å². The number of rotatable bonds is 9. The molecule has 0 spiro atoms. The molecule has 6 heteroatoms. The van der Waals surface area contributed by atoms with E-state index < -0.39 is 0 Å². The molecule has 3 rings (SSSR count). The Kier molecular flexibility index (Phi) is 7.30. The third kappa shape index (κ3) is 6.41. The lowest BCUT2D eigenvalue weighted by Gasteiger charge is -2.08. The van der Waals surface area contributed by atoms with Gasteiger partial charge in [-0.2, -0.15) is 0 Å². The van der Waals surface area contributed by atoms with E-state index in [-0.39, 0.29) is 12.5 Å². The van der Waals surface area contributed by atoms with Gasteiger partial charge in [0.1, 0.15) is 10.8 Å². The Morgan fingerprint density at radius 3 is 2.63 bits per heavy atom. The normalized spacial score (nSPS) is 10.6. The molecular formula is C21H22N2O2S2. The first-order chi connectivity index (χ1) is 13.2. The van der Waals surface area contributed by atoms with Crippen molar-refractivity contribution in [2.24, 2.45) is 0 Å². The molecule has 3 aromatic rings. The zero-order valence-corrected chi connectivity index (χ0v) is 16.8. The summed E-state index contributed by atoms with van der Waals surface area (Å²) >= 11 is 3.42. The number of ether oxygens (including phenoxy) is 1. The van der Waals surface area contributed by atoms with E-state index in [2.05, 4.69) is 22.4 Å². The number of nitrogens with zero attached hydrogens (tertiary/aromatic N) is 1. The lowest BCUT2D eigenvalue weighted by molar-refractivity contribution is -0.123. The zero-order valence-electron chi connectivity index (χ0n) is 15.2. The number of amides is 1. The minimum Gasteiger partial charge on any atom is -0.484 e. The standard InChI is InChI=1S/C21H22N2O2S2/c1-16-15-27-21(23-16)17-8-10-18(11-9-17)25-14-20(24)22-12-5-13-26-19-6-3-2-4-7-19/h2-4,6-11,15H,5,12-14H2,1H3,(H,22,24). The second-order valence-corrected chi connectivity index (χ2v) is 8.00. The number of aromatic nitrogens is 1. The van der Waals surface area contributed by atoms with Crippen LogP contribution in [0.1, 0.15) is 12.1 Å². The highest BCUT2D eigenvalue weighted by Crippen LogP contribution is 2.25. The van der Waals surface area contributed by atoms with E-state index in [0.717, 1.165) is 28.4 Å². The first-order valence-corrected chi connectivity index (χ1v) is 10.7. The van der Waals surface area contributed by atoms with Gasteiger partial charge >= 0.3 is 0 Å². The zero-order chi connectivity index (χ0) is 18.9. The monoisotopic (exact) mass is 398 g/mol. The van der Waals surface area contributed by atoms with Crippen molar-refractivity contribution < 1.29 is 9.53 Å². The molecule has 0 radical (unpaired) electrons. The van der Waals surface area contributed by atoms with Gasteiger partial charge in [0, 0.05) is 28.1 Å². The second kappa shape index (κ2) is 10.1. The number of thiazole rings is 1. The van der Waals surface area contributed by atoms with E-state index in [1.165, 1.54) is 4.90 Å². The average Bonchev–Trinajstić information content (AvgIpc) is 3.14. The van der Waals surface area contributed by atoms with Gasteiger partial charge < -0.3 is 10.1 Å². The Balaban J connectivity index is 1.33. The molecule has 140 valence electrons. The predicted octanol–water partition coefficient (Wildman–Crippen LogP) is 4.80. The predicted molar refractivity (Wildman–Crippen MR) is 113 cm³/mol. The molecule has 0 atom stereocenters. The van der Waals surface area contributed by atoms with Gasteiger partial charge in [-0.1, -0.05) is 18.2 Å². The lowest BCUT2D eigenvalue weighted by Crippen LogP contribution is -2.29. The van der Waals surface area contributed by atoms with Gasteiger partial charge in [0.15, 0.2) is 6.61 Å². The van der Waals surface area contributed by atoms with E-state index >= 15 is 0 Å². The first kappa shape index (κ1) is 19.5. The van der Waals surface area contributed by atoms with Crippen LogP contribution in [0.25, 0.3) is 10.6 Å². The summed E-state index contributed by atoms with van der Waals surface area (Å²) in [4.78, 5) is 17.6. The highest BCUT2D eigenvalue weighted by atomic mass is 32.2. The van der Waals surface area contributed by atoms with Crippen molar-refractivity contribution in [1.82, 2.24) is 10.3 Å². The van der Waals surface area contributed by atoms with Gasteiger partial charge in [0.2, 0.25) is 0 Å². The van der Waals surface area contributed by atoms with Crippen LogP contribution in [0, 0.1) is 6.92 Å². The van der Waals surface area contributed by atoms with Crippen molar-refractivity contribution in [1.29, 1.82) is 0 Å². The largest absolute Gasteiger partial charge is 0.484 e. The molecule has 1 heterocycles. The lowest BCUT2D eigenvalue weighted by atomic mass is 10.2. The Labute approximate surface area is 168 Å². The molecule has 27 heavy (non-hydrogen) atoms.